The number of hydrogen-bond acceptors (Lipinski definition) is 3. The van der Waals surface area contributed by atoms with Gasteiger partial charge in [-0.15, -0.1) is 0 Å². The highest BCUT2D eigenvalue weighted by molar-refractivity contribution is 7.92. The maximum Gasteiger partial charge on any atom is 0.261 e. The van der Waals surface area contributed by atoms with E-state index in [0.717, 1.165) is 5.56 Å². The van der Waals surface area contributed by atoms with Crippen molar-refractivity contribution in [3.63, 3.8) is 0 Å². The smallest absolute Gasteiger partial charge is 0.261 e. The number of nitrogens with zero attached hydrogens (tertiary/aromatic N) is 1. The van der Waals surface area contributed by atoms with Crippen LogP contribution in [0, 0.1) is 0 Å². The zero-order chi connectivity index (χ0) is 20.1. The van der Waals surface area contributed by atoms with Crippen molar-refractivity contribution >= 4 is 21.6 Å². The van der Waals surface area contributed by atoms with Crippen molar-refractivity contribution in [3.05, 3.63) is 96.1 Å². The fraction of sp³-hybridized carbons (Fsp3) is 0.136. The average Bonchev–Trinajstić information content (AvgIpc) is 2.73. The molecule has 1 atom stereocenters. The molecule has 0 unspecified atom stereocenters. The third kappa shape index (κ3) is 4.23. The SMILES string of the molecule is C[C@H](c1ccccc1)N(C)C(=O)c1ccccc1NS(=O)(=O)c1ccccc1. The van der Waals surface area contributed by atoms with E-state index >= 15 is 0 Å². The molecule has 6 heteroatoms. The maximum absolute atomic E-state index is 13.1. The van der Waals surface area contributed by atoms with E-state index in [1.54, 1.807) is 54.4 Å². The summed E-state index contributed by atoms with van der Waals surface area (Å²) in [5, 5.41) is 0. The zero-order valence-corrected chi connectivity index (χ0v) is 16.6. The number of nitrogens with one attached hydrogen (secondary N) is 1. The predicted molar refractivity (Wildman–Crippen MR) is 111 cm³/mol. The van der Waals surface area contributed by atoms with Gasteiger partial charge in [0.2, 0.25) is 0 Å². The molecule has 1 N–H and O–H groups in total. The number of carbonyl (C=O) groups excluding carboxylic acids is 1. The van der Waals surface area contributed by atoms with E-state index in [0.29, 0.717) is 5.56 Å². The average molecular weight is 394 g/mol. The van der Waals surface area contributed by atoms with Gasteiger partial charge in [-0.2, -0.15) is 0 Å². The van der Waals surface area contributed by atoms with Gasteiger partial charge in [0.05, 0.1) is 22.2 Å². The summed E-state index contributed by atoms with van der Waals surface area (Å²) in [6.07, 6.45) is 0. The lowest BCUT2D eigenvalue weighted by molar-refractivity contribution is 0.0743. The summed E-state index contributed by atoms with van der Waals surface area (Å²) in [6, 6.07) is 24.2. The largest absolute Gasteiger partial charge is 0.335 e. The summed E-state index contributed by atoms with van der Waals surface area (Å²) in [5.41, 5.74) is 1.55. The van der Waals surface area contributed by atoms with Crippen LogP contribution in [0.25, 0.3) is 0 Å². The van der Waals surface area contributed by atoms with Gasteiger partial charge in [0.15, 0.2) is 0 Å². The normalized spacial score (nSPS) is 12.2. The molecule has 5 nitrogen and oxygen atoms in total. The molecule has 0 saturated heterocycles. The van der Waals surface area contributed by atoms with E-state index in [1.165, 1.54) is 12.1 Å². The minimum absolute atomic E-state index is 0.142. The Balaban J connectivity index is 1.89. The maximum atomic E-state index is 13.1. The Labute approximate surface area is 165 Å². The quantitative estimate of drug-likeness (QED) is 0.677. The number of sulfonamides is 1. The topological polar surface area (TPSA) is 66.5 Å². The van der Waals surface area contributed by atoms with Gasteiger partial charge in [-0.05, 0) is 36.8 Å². The first kappa shape index (κ1) is 19.6. The van der Waals surface area contributed by atoms with Crippen LogP contribution in [-0.2, 0) is 10.0 Å². The van der Waals surface area contributed by atoms with Gasteiger partial charge in [0, 0.05) is 7.05 Å². The van der Waals surface area contributed by atoms with Crippen molar-refractivity contribution in [2.75, 3.05) is 11.8 Å². The molecule has 0 bridgehead atoms. The minimum atomic E-state index is -3.79. The first-order valence-corrected chi connectivity index (χ1v) is 10.4. The Bertz CT molecular complexity index is 1050. The number of anilines is 1. The first-order valence-electron chi connectivity index (χ1n) is 8.89. The van der Waals surface area contributed by atoms with Gasteiger partial charge < -0.3 is 4.90 Å². The molecular formula is C22H22N2O3S. The van der Waals surface area contributed by atoms with E-state index in [1.807, 2.05) is 37.3 Å². The number of benzene rings is 3. The van der Waals surface area contributed by atoms with Gasteiger partial charge in [-0.1, -0.05) is 60.7 Å². The van der Waals surface area contributed by atoms with Gasteiger partial charge in [-0.3, -0.25) is 9.52 Å². The highest BCUT2D eigenvalue weighted by Crippen LogP contribution is 2.25. The summed E-state index contributed by atoms with van der Waals surface area (Å²) in [5.74, 6) is -0.261. The molecule has 3 rings (SSSR count). The van der Waals surface area contributed by atoms with Crippen LogP contribution >= 0.6 is 0 Å². The molecule has 0 spiro atoms. The van der Waals surface area contributed by atoms with Crippen LogP contribution in [0.5, 0.6) is 0 Å². The van der Waals surface area contributed by atoms with E-state index in [2.05, 4.69) is 4.72 Å². The molecule has 1 amide bonds. The summed E-state index contributed by atoms with van der Waals surface area (Å²) in [4.78, 5) is 14.8. The molecular weight excluding hydrogens is 372 g/mol. The lowest BCUT2D eigenvalue weighted by atomic mass is 10.1. The molecule has 0 fully saturated rings. The Morgan fingerprint density at radius 2 is 1.39 bits per heavy atom. The molecule has 0 aliphatic rings. The van der Waals surface area contributed by atoms with Crippen molar-refractivity contribution in [2.45, 2.75) is 17.9 Å². The Morgan fingerprint density at radius 3 is 2.04 bits per heavy atom. The lowest BCUT2D eigenvalue weighted by Gasteiger charge is -2.26. The third-order valence-corrected chi connectivity index (χ3v) is 6.02. The van der Waals surface area contributed by atoms with Crippen LogP contribution in [0.2, 0.25) is 0 Å². The third-order valence-electron chi connectivity index (χ3n) is 4.64. The van der Waals surface area contributed by atoms with Crippen LogP contribution in [0.1, 0.15) is 28.9 Å². The van der Waals surface area contributed by atoms with Gasteiger partial charge in [-0.25, -0.2) is 8.42 Å². The summed E-state index contributed by atoms with van der Waals surface area (Å²) in [7, 11) is -2.08. The predicted octanol–water partition coefficient (Wildman–Crippen LogP) is 4.32. The van der Waals surface area contributed by atoms with Crippen LogP contribution in [0.15, 0.2) is 89.8 Å². The zero-order valence-electron chi connectivity index (χ0n) is 15.7. The molecule has 28 heavy (non-hydrogen) atoms. The number of carbonyl (C=O) groups is 1. The number of para-hydroxylation sites is 1. The van der Waals surface area contributed by atoms with Crippen molar-refractivity contribution in [3.8, 4) is 0 Å². The summed E-state index contributed by atoms with van der Waals surface area (Å²) < 4.78 is 27.9. The van der Waals surface area contributed by atoms with Gasteiger partial charge >= 0.3 is 0 Å². The second-order valence-electron chi connectivity index (χ2n) is 6.47. The minimum Gasteiger partial charge on any atom is -0.335 e. The Morgan fingerprint density at radius 1 is 0.857 bits per heavy atom. The molecule has 0 radical (unpaired) electrons. The standard InChI is InChI=1S/C22H22N2O3S/c1-17(18-11-5-3-6-12-18)24(2)22(25)20-15-9-10-16-21(20)23-28(26,27)19-13-7-4-8-14-19/h3-17,23H,1-2H3/t17-/m1/s1. The van der Waals surface area contributed by atoms with E-state index in [-0.39, 0.29) is 22.5 Å². The first-order chi connectivity index (χ1) is 13.4. The summed E-state index contributed by atoms with van der Waals surface area (Å²) >= 11 is 0. The van der Waals surface area contributed by atoms with Crippen molar-refractivity contribution < 1.29 is 13.2 Å². The van der Waals surface area contributed by atoms with Crippen molar-refractivity contribution in [1.29, 1.82) is 0 Å². The molecule has 3 aromatic rings. The highest BCUT2D eigenvalue weighted by Gasteiger charge is 2.23. The fourth-order valence-electron chi connectivity index (χ4n) is 2.88. The van der Waals surface area contributed by atoms with E-state index < -0.39 is 10.0 Å². The molecule has 3 aromatic carbocycles. The molecule has 0 saturated carbocycles. The molecule has 0 heterocycles. The second kappa shape index (κ2) is 8.27. The van der Waals surface area contributed by atoms with Crippen molar-refractivity contribution in [2.24, 2.45) is 0 Å². The van der Waals surface area contributed by atoms with Crippen molar-refractivity contribution in [1.82, 2.24) is 4.90 Å². The lowest BCUT2D eigenvalue weighted by Crippen LogP contribution is -2.30. The molecule has 0 aromatic heterocycles. The van der Waals surface area contributed by atoms with Crippen LogP contribution in [0.4, 0.5) is 5.69 Å². The number of amides is 1. The molecule has 0 aliphatic heterocycles. The molecule has 0 aliphatic carbocycles. The number of rotatable bonds is 6. The van der Waals surface area contributed by atoms with E-state index in [4.69, 9.17) is 0 Å². The fourth-order valence-corrected chi connectivity index (χ4v) is 3.98. The second-order valence-corrected chi connectivity index (χ2v) is 8.15. The van der Waals surface area contributed by atoms with Crippen LogP contribution in [0.3, 0.4) is 0 Å². The van der Waals surface area contributed by atoms with Gasteiger partial charge in [0.25, 0.3) is 15.9 Å². The number of hydrogen-bond donors (Lipinski definition) is 1. The summed E-state index contributed by atoms with van der Waals surface area (Å²) in [6.45, 7) is 1.93. The monoisotopic (exact) mass is 394 g/mol. The van der Waals surface area contributed by atoms with Crippen LogP contribution < -0.4 is 4.72 Å². The van der Waals surface area contributed by atoms with E-state index in [9.17, 15) is 13.2 Å². The highest BCUT2D eigenvalue weighted by atomic mass is 32.2. The van der Waals surface area contributed by atoms with Crippen LogP contribution in [-0.4, -0.2) is 26.3 Å². The Hall–Kier alpha value is -3.12. The van der Waals surface area contributed by atoms with Gasteiger partial charge in [0.1, 0.15) is 0 Å². The Kier molecular flexibility index (Phi) is 5.80. The molecule has 144 valence electrons.